The van der Waals surface area contributed by atoms with Gasteiger partial charge in [-0.1, -0.05) is 0 Å². The number of likely N-dealkylation sites (tertiary alicyclic amines) is 2. The monoisotopic (exact) mass is 314 g/mol. The van der Waals surface area contributed by atoms with Gasteiger partial charge in [-0.3, -0.25) is 4.79 Å². The Morgan fingerprint density at radius 2 is 1.91 bits per heavy atom. The second-order valence-electron chi connectivity index (χ2n) is 7.65. The molecule has 5 nitrogen and oxygen atoms in total. The molecule has 124 valence electrons. The number of fused-ring (bicyclic) bond motifs is 1. The molecule has 1 saturated carbocycles. The minimum absolute atomic E-state index is 0.0937. The van der Waals surface area contributed by atoms with E-state index in [9.17, 15) is 4.79 Å². The van der Waals surface area contributed by atoms with E-state index in [1.807, 2.05) is 18.7 Å². The molecule has 2 atom stereocenters. The molecule has 1 amide bonds. The summed E-state index contributed by atoms with van der Waals surface area (Å²) in [6.07, 6.45) is 5.59. The van der Waals surface area contributed by atoms with Crippen molar-refractivity contribution in [2.45, 2.75) is 33.1 Å². The quantitative estimate of drug-likeness (QED) is 0.855. The highest BCUT2D eigenvalue weighted by atomic mass is 16.2. The highest BCUT2D eigenvalue weighted by Crippen LogP contribution is 2.35. The van der Waals surface area contributed by atoms with Crippen LogP contribution >= 0.6 is 0 Å². The number of amides is 1. The first-order valence-electron chi connectivity index (χ1n) is 8.91. The van der Waals surface area contributed by atoms with E-state index in [4.69, 9.17) is 0 Å². The first-order chi connectivity index (χ1) is 11.1. The fourth-order valence-electron chi connectivity index (χ4n) is 4.14. The Bertz CT molecular complexity index is 613. The molecule has 3 fully saturated rings. The van der Waals surface area contributed by atoms with Crippen LogP contribution in [0.25, 0.3) is 0 Å². The first-order valence-corrected chi connectivity index (χ1v) is 8.91. The molecule has 1 aliphatic carbocycles. The summed E-state index contributed by atoms with van der Waals surface area (Å²) in [7, 11) is 0. The second-order valence-corrected chi connectivity index (χ2v) is 7.65. The summed E-state index contributed by atoms with van der Waals surface area (Å²) >= 11 is 0. The van der Waals surface area contributed by atoms with Crippen molar-refractivity contribution in [2.75, 3.05) is 32.7 Å². The van der Waals surface area contributed by atoms with Crippen LogP contribution in [0, 0.1) is 31.6 Å². The van der Waals surface area contributed by atoms with E-state index in [1.54, 1.807) is 0 Å². The summed E-state index contributed by atoms with van der Waals surface area (Å²) in [5.41, 5.74) is 2.41. The number of aromatic nitrogens is 2. The molecular weight excluding hydrogens is 288 g/mol. The van der Waals surface area contributed by atoms with Crippen molar-refractivity contribution in [1.82, 2.24) is 19.8 Å². The minimum atomic E-state index is 0.0937. The SMILES string of the molecule is Cc1ncnc(C(=O)N2C[C@H]3CCN(CC4CC4)C[C@H]3C2)c1C. The number of carbonyl (C=O) groups is 1. The Balaban J connectivity index is 1.43. The zero-order valence-electron chi connectivity index (χ0n) is 14.2. The number of hydrogen-bond acceptors (Lipinski definition) is 4. The molecule has 0 unspecified atom stereocenters. The molecular formula is C18H26N4O. The lowest BCUT2D eigenvalue weighted by molar-refractivity contribution is 0.0776. The van der Waals surface area contributed by atoms with Gasteiger partial charge in [-0.15, -0.1) is 0 Å². The molecule has 4 rings (SSSR count). The van der Waals surface area contributed by atoms with Crippen LogP contribution < -0.4 is 0 Å². The molecule has 3 aliphatic rings. The van der Waals surface area contributed by atoms with E-state index in [-0.39, 0.29) is 5.91 Å². The summed E-state index contributed by atoms with van der Waals surface area (Å²) in [5.74, 6) is 2.38. The van der Waals surface area contributed by atoms with Gasteiger partial charge in [0, 0.05) is 37.4 Å². The number of carbonyl (C=O) groups excluding carboxylic acids is 1. The van der Waals surface area contributed by atoms with Crippen LogP contribution in [-0.2, 0) is 0 Å². The highest BCUT2D eigenvalue weighted by molar-refractivity contribution is 5.94. The van der Waals surface area contributed by atoms with Gasteiger partial charge in [0.25, 0.3) is 5.91 Å². The van der Waals surface area contributed by atoms with Crippen LogP contribution in [0.1, 0.15) is 41.0 Å². The highest BCUT2D eigenvalue weighted by Gasteiger charge is 2.40. The zero-order valence-corrected chi connectivity index (χ0v) is 14.2. The van der Waals surface area contributed by atoms with Crippen molar-refractivity contribution in [2.24, 2.45) is 17.8 Å². The fourth-order valence-corrected chi connectivity index (χ4v) is 4.14. The van der Waals surface area contributed by atoms with Gasteiger partial charge in [0.2, 0.25) is 0 Å². The van der Waals surface area contributed by atoms with Gasteiger partial charge < -0.3 is 9.80 Å². The van der Waals surface area contributed by atoms with E-state index in [0.717, 1.165) is 30.3 Å². The summed E-state index contributed by atoms with van der Waals surface area (Å²) in [6, 6.07) is 0. The summed E-state index contributed by atoms with van der Waals surface area (Å²) in [5, 5.41) is 0. The van der Waals surface area contributed by atoms with Crippen LogP contribution in [0.3, 0.4) is 0 Å². The van der Waals surface area contributed by atoms with Crippen LogP contribution in [0.15, 0.2) is 6.33 Å². The number of nitrogens with zero attached hydrogens (tertiary/aromatic N) is 4. The van der Waals surface area contributed by atoms with Crippen molar-refractivity contribution >= 4 is 5.91 Å². The molecule has 1 aromatic heterocycles. The Kier molecular flexibility index (Phi) is 3.84. The smallest absolute Gasteiger partial charge is 0.272 e. The van der Waals surface area contributed by atoms with E-state index >= 15 is 0 Å². The molecule has 23 heavy (non-hydrogen) atoms. The maximum absolute atomic E-state index is 12.9. The Morgan fingerprint density at radius 1 is 1.13 bits per heavy atom. The van der Waals surface area contributed by atoms with E-state index in [0.29, 0.717) is 17.5 Å². The lowest BCUT2D eigenvalue weighted by atomic mass is 9.88. The Morgan fingerprint density at radius 3 is 2.70 bits per heavy atom. The van der Waals surface area contributed by atoms with Crippen molar-refractivity contribution in [3.05, 3.63) is 23.3 Å². The molecule has 2 aliphatic heterocycles. The van der Waals surface area contributed by atoms with Crippen LogP contribution in [0.4, 0.5) is 0 Å². The number of hydrogen-bond donors (Lipinski definition) is 0. The Hall–Kier alpha value is -1.49. The number of aryl methyl sites for hydroxylation is 1. The van der Waals surface area contributed by atoms with E-state index in [2.05, 4.69) is 14.9 Å². The second kappa shape index (κ2) is 5.86. The molecule has 2 saturated heterocycles. The molecule has 0 N–H and O–H groups in total. The molecule has 5 heteroatoms. The topological polar surface area (TPSA) is 49.3 Å². The average Bonchev–Trinajstić information content (AvgIpc) is 3.25. The molecule has 0 radical (unpaired) electrons. The summed E-state index contributed by atoms with van der Waals surface area (Å²) < 4.78 is 0. The van der Waals surface area contributed by atoms with Gasteiger partial charge in [-0.25, -0.2) is 9.97 Å². The van der Waals surface area contributed by atoms with E-state index in [1.165, 1.54) is 45.2 Å². The predicted molar refractivity (Wildman–Crippen MR) is 88.2 cm³/mol. The van der Waals surface area contributed by atoms with Crippen molar-refractivity contribution in [3.63, 3.8) is 0 Å². The van der Waals surface area contributed by atoms with Gasteiger partial charge in [0.05, 0.1) is 0 Å². The first kappa shape index (κ1) is 15.1. The predicted octanol–water partition coefficient (Wildman–Crippen LogP) is 1.90. The zero-order chi connectivity index (χ0) is 16.0. The average molecular weight is 314 g/mol. The van der Waals surface area contributed by atoms with Gasteiger partial charge in [0.15, 0.2) is 0 Å². The maximum Gasteiger partial charge on any atom is 0.272 e. The molecule has 0 aromatic carbocycles. The summed E-state index contributed by atoms with van der Waals surface area (Å²) in [4.78, 5) is 25.9. The normalized spacial score (nSPS) is 28.0. The number of piperidine rings is 1. The minimum Gasteiger partial charge on any atom is -0.337 e. The van der Waals surface area contributed by atoms with Crippen molar-refractivity contribution in [1.29, 1.82) is 0 Å². The van der Waals surface area contributed by atoms with Crippen molar-refractivity contribution < 1.29 is 4.79 Å². The molecule has 0 spiro atoms. The van der Waals surface area contributed by atoms with Crippen LogP contribution in [-0.4, -0.2) is 58.4 Å². The standard InChI is InChI=1S/C18H26N4O/c1-12-13(2)19-11-20-17(12)18(23)22-9-15-5-6-21(7-14-3-4-14)8-16(15)10-22/h11,14-16H,3-10H2,1-2H3/t15-,16+/m1/s1. The summed E-state index contributed by atoms with van der Waals surface area (Å²) in [6.45, 7) is 9.35. The van der Waals surface area contributed by atoms with Crippen LogP contribution in [0.2, 0.25) is 0 Å². The van der Waals surface area contributed by atoms with Gasteiger partial charge >= 0.3 is 0 Å². The maximum atomic E-state index is 12.9. The largest absolute Gasteiger partial charge is 0.337 e. The molecule has 0 bridgehead atoms. The van der Waals surface area contributed by atoms with Crippen LogP contribution in [0.5, 0.6) is 0 Å². The third kappa shape index (κ3) is 2.99. The van der Waals surface area contributed by atoms with Gasteiger partial charge in [-0.2, -0.15) is 0 Å². The van der Waals surface area contributed by atoms with E-state index < -0.39 is 0 Å². The van der Waals surface area contributed by atoms with Crippen molar-refractivity contribution in [3.8, 4) is 0 Å². The molecule has 3 heterocycles. The lowest BCUT2D eigenvalue weighted by Gasteiger charge is -2.34. The van der Waals surface area contributed by atoms with Gasteiger partial charge in [0.1, 0.15) is 12.0 Å². The third-order valence-electron chi connectivity index (χ3n) is 5.92. The third-order valence-corrected chi connectivity index (χ3v) is 5.92. The Labute approximate surface area is 138 Å². The number of rotatable bonds is 3. The lowest BCUT2D eigenvalue weighted by Crippen LogP contribution is -2.40. The molecule has 1 aromatic rings. The van der Waals surface area contributed by atoms with Gasteiger partial charge in [-0.05, 0) is 57.4 Å². The fraction of sp³-hybridized carbons (Fsp3) is 0.722.